The van der Waals surface area contributed by atoms with Crippen LogP contribution in [0.4, 0.5) is 4.39 Å². The summed E-state index contributed by atoms with van der Waals surface area (Å²) in [6, 6.07) is 6.66. The molecule has 3 aromatic rings. The van der Waals surface area contributed by atoms with Crippen LogP contribution in [0.1, 0.15) is 30.9 Å². The van der Waals surface area contributed by atoms with Gasteiger partial charge in [-0.1, -0.05) is 0 Å². The standard InChI is InChI=1S/C25H28FN5O4/c26-19-12-22-21(34-9-10-35-22)11-16(19)13-27-17-3-6-29(7-4-17)15-18-5-8-30-24(33)14-28-20-1-2-23(32)31(18)25(20)30/h1-2,11-12,14,17-18,27H,3-10,13,15H2. The highest BCUT2D eigenvalue weighted by atomic mass is 19.1. The average molecular weight is 482 g/mol. The number of hydrogen-bond donors (Lipinski definition) is 1. The van der Waals surface area contributed by atoms with Crippen LogP contribution in [0.15, 0.2) is 40.1 Å². The van der Waals surface area contributed by atoms with E-state index in [1.54, 1.807) is 21.3 Å². The molecule has 1 unspecified atom stereocenters. The Morgan fingerprint density at radius 3 is 2.57 bits per heavy atom. The Morgan fingerprint density at radius 2 is 1.77 bits per heavy atom. The maximum Gasteiger partial charge on any atom is 0.270 e. The van der Waals surface area contributed by atoms with E-state index in [-0.39, 0.29) is 23.0 Å². The number of nitrogens with one attached hydrogen (secondary N) is 1. The second-order valence-corrected chi connectivity index (χ2v) is 9.48. The molecule has 9 nitrogen and oxygen atoms in total. The monoisotopic (exact) mass is 481 g/mol. The first kappa shape index (κ1) is 22.2. The lowest BCUT2D eigenvalue weighted by molar-refractivity contribution is 0.163. The van der Waals surface area contributed by atoms with Crippen LogP contribution in [-0.2, 0) is 13.1 Å². The molecule has 1 saturated heterocycles. The average Bonchev–Trinajstić information content (AvgIpc) is 2.87. The SMILES string of the molecule is O=c1cnc2ccc(=O)n3c2n1CCC3CN1CCC(NCc2cc3c(cc2F)OCCO3)CC1. The summed E-state index contributed by atoms with van der Waals surface area (Å²) in [5, 5.41) is 3.49. The van der Waals surface area contributed by atoms with Crippen LogP contribution in [0.25, 0.3) is 11.2 Å². The molecular weight excluding hydrogens is 453 g/mol. The predicted octanol–water partition coefficient (Wildman–Crippen LogP) is 1.67. The van der Waals surface area contributed by atoms with E-state index >= 15 is 0 Å². The van der Waals surface area contributed by atoms with Gasteiger partial charge in [0.2, 0.25) is 0 Å². The molecule has 10 heteroatoms. The smallest absolute Gasteiger partial charge is 0.270 e. The highest BCUT2D eigenvalue weighted by Crippen LogP contribution is 2.32. The number of fused-ring (bicyclic) bond motifs is 1. The van der Waals surface area contributed by atoms with Crippen molar-refractivity contribution in [1.29, 1.82) is 0 Å². The van der Waals surface area contributed by atoms with Gasteiger partial charge in [-0.05, 0) is 44.5 Å². The molecule has 0 aliphatic carbocycles. The summed E-state index contributed by atoms with van der Waals surface area (Å²) in [6.07, 6.45) is 3.94. The van der Waals surface area contributed by atoms with Crippen molar-refractivity contribution in [2.75, 3.05) is 32.8 Å². The van der Waals surface area contributed by atoms with Gasteiger partial charge in [0.25, 0.3) is 11.1 Å². The summed E-state index contributed by atoms with van der Waals surface area (Å²) in [5.41, 5.74) is 1.61. The van der Waals surface area contributed by atoms with E-state index in [9.17, 15) is 14.0 Å². The summed E-state index contributed by atoms with van der Waals surface area (Å²) < 4.78 is 28.9. The Kier molecular flexibility index (Phi) is 5.77. The number of ether oxygens (including phenoxy) is 2. The van der Waals surface area contributed by atoms with E-state index in [0.717, 1.165) is 38.9 Å². The van der Waals surface area contributed by atoms with Crippen molar-refractivity contribution < 1.29 is 13.9 Å². The lowest BCUT2D eigenvalue weighted by atomic mass is 10.0. The van der Waals surface area contributed by atoms with Gasteiger partial charge in [-0.3, -0.25) is 18.7 Å². The zero-order valence-electron chi connectivity index (χ0n) is 19.4. The molecule has 6 rings (SSSR count). The Morgan fingerprint density at radius 1 is 1.00 bits per heavy atom. The highest BCUT2D eigenvalue weighted by Gasteiger charge is 2.27. The quantitative estimate of drug-likeness (QED) is 0.593. The number of aryl methyl sites for hydroxylation is 1. The molecule has 0 spiro atoms. The molecule has 0 bridgehead atoms. The van der Waals surface area contributed by atoms with Gasteiger partial charge in [0, 0.05) is 43.4 Å². The predicted molar refractivity (Wildman–Crippen MR) is 128 cm³/mol. The fourth-order valence-corrected chi connectivity index (χ4v) is 5.46. The molecule has 1 fully saturated rings. The topological polar surface area (TPSA) is 90.6 Å². The lowest BCUT2D eigenvalue weighted by Crippen LogP contribution is -2.46. The maximum absolute atomic E-state index is 14.5. The van der Waals surface area contributed by atoms with Crippen LogP contribution in [0.5, 0.6) is 11.5 Å². The number of nitrogens with zero attached hydrogens (tertiary/aromatic N) is 4. The lowest BCUT2D eigenvalue weighted by Gasteiger charge is -2.37. The van der Waals surface area contributed by atoms with Gasteiger partial charge >= 0.3 is 0 Å². The van der Waals surface area contributed by atoms with Crippen molar-refractivity contribution in [2.24, 2.45) is 0 Å². The Labute approximate surface area is 201 Å². The third-order valence-corrected chi connectivity index (χ3v) is 7.31. The first-order chi connectivity index (χ1) is 17.1. The number of benzene rings is 1. The van der Waals surface area contributed by atoms with Gasteiger partial charge in [0.1, 0.15) is 30.2 Å². The zero-order chi connectivity index (χ0) is 23.9. The van der Waals surface area contributed by atoms with Crippen molar-refractivity contribution in [2.45, 2.75) is 44.4 Å². The summed E-state index contributed by atoms with van der Waals surface area (Å²) in [7, 11) is 0. The second-order valence-electron chi connectivity index (χ2n) is 9.48. The first-order valence-electron chi connectivity index (χ1n) is 12.2. The number of aromatic nitrogens is 3. The molecule has 1 aromatic carbocycles. The number of pyridine rings is 1. The summed E-state index contributed by atoms with van der Waals surface area (Å²) in [5.74, 6) is 0.776. The first-order valence-corrected chi connectivity index (χ1v) is 12.2. The highest BCUT2D eigenvalue weighted by molar-refractivity contribution is 5.70. The van der Waals surface area contributed by atoms with Crippen LogP contribution in [0.3, 0.4) is 0 Å². The molecule has 5 heterocycles. The minimum Gasteiger partial charge on any atom is -0.486 e. The molecule has 1 N–H and O–H groups in total. The number of likely N-dealkylation sites (tertiary alicyclic amines) is 1. The van der Waals surface area contributed by atoms with E-state index in [1.165, 1.54) is 18.3 Å². The number of hydrogen-bond acceptors (Lipinski definition) is 7. The zero-order valence-corrected chi connectivity index (χ0v) is 19.4. The molecule has 0 saturated carbocycles. The van der Waals surface area contributed by atoms with Gasteiger partial charge < -0.3 is 19.7 Å². The fraction of sp³-hybridized carbons (Fsp3) is 0.480. The van der Waals surface area contributed by atoms with E-state index in [1.807, 2.05) is 0 Å². The number of piperidine rings is 1. The Hall–Kier alpha value is -3.24. The van der Waals surface area contributed by atoms with Gasteiger partial charge in [0.15, 0.2) is 11.5 Å². The normalized spacial score (nSPS) is 20.3. The number of halogens is 1. The summed E-state index contributed by atoms with van der Waals surface area (Å²) >= 11 is 0. The molecule has 3 aliphatic heterocycles. The minimum absolute atomic E-state index is 0.00567. The summed E-state index contributed by atoms with van der Waals surface area (Å²) in [4.78, 5) is 31.6. The minimum atomic E-state index is -0.287. The maximum atomic E-state index is 14.5. The molecular formula is C25H28FN5O4. The van der Waals surface area contributed by atoms with Crippen molar-refractivity contribution in [3.8, 4) is 11.5 Å². The van der Waals surface area contributed by atoms with Crippen molar-refractivity contribution in [3.05, 3.63) is 62.6 Å². The van der Waals surface area contributed by atoms with Crippen LogP contribution in [-0.4, -0.2) is 57.9 Å². The van der Waals surface area contributed by atoms with Gasteiger partial charge in [-0.25, -0.2) is 9.37 Å². The van der Waals surface area contributed by atoms with Crippen LogP contribution in [0.2, 0.25) is 0 Å². The van der Waals surface area contributed by atoms with E-state index in [0.29, 0.717) is 60.6 Å². The third-order valence-electron chi connectivity index (χ3n) is 7.31. The molecule has 0 radical (unpaired) electrons. The van der Waals surface area contributed by atoms with Gasteiger partial charge in [-0.2, -0.15) is 0 Å². The molecule has 1 atom stereocenters. The molecule has 2 aromatic heterocycles. The van der Waals surface area contributed by atoms with Crippen LogP contribution < -0.4 is 25.9 Å². The third kappa shape index (κ3) is 4.21. The largest absolute Gasteiger partial charge is 0.486 e. The Bertz CT molecular complexity index is 1370. The second kappa shape index (κ2) is 9.09. The molecule has 3 aliphatic rings. The van der Waals surface area contributed by atoms with E-state index < -0.39 is 0 Å². The van der Waals surface area contributed by atoms with Crippen molar-refractivity contribution in [3.63, 3.8) is 0 Å². The van der Waals surface area contributed by atoms with E-state index in [2.05, 4.69) is 15.2 Å². The Balaban J connectivity index is 1.09. The number of rotatable bonds is 5. The van der Waals surface area contributed by atoms with Gasteiger partial charge in [0.05, 0.1) is 12.2 Å². The molecule has 35 heavy (non-hydrogen) atoms. The van der Waals surface area contributed by atoms with Gasteiger partial charge in [-0.15, -0.1) is 0 Å². The van der Waals surface area contributed by atoms with Crippen LogP contribution >= 0.6 is 0 Å². The fourth-order valence-electron chi connectivity index (χ4n) is 5.46. The van der Waals surface area contributed by atoms with Crippen molar-refractivity contribution in [1.82, 2.24) is 24.3 Å². The molecule has 0 amide bonds. The van der Waals surface area contributed by atoms with Crippen LogP contribution in [0, 0.1) is 5.82 Å². The summed E-state index contributed by atoms with van der Waals surface area (Å²) in [6.45, 7) is 4.48. The van der Waals surface area contributed by atoms with Crippen molar-refractivity contribution >= 4 is 11.2 Å². The molecule has 184 valence electrons. The van der Waals surface area contributed by atoms with E-state index in [4.69, 9.17) is 9.47 Å².